The van der Waals surface area contributed by atoms with Crippen molar-refractivity contribution in [1.29, 1.82) is 10.5 Å². The Kier molecular flexibility index (Phi) is 4.71. The van der Waals surface area contributed by atoms with Gasteiger partial charge in [0.05, 0.1) is 18.7 Å². The molecule has 6 nitrogen and oxygen atoms in total. The van der Waals surface area contributed by atoms with Crippen LogP contribution in [-0.4, -0.2) is 34.5 Å². The summed E-state index contributed by atoms with van der Waals surface area (Å²) in [6.07, 6.45) is -1.25. The van der Waals surface area contributed by atoms with Gasteiger partial charge in [0.25, 0.3) is 0 Å². The number of aliphatic hydroxyl groups excluding tert-OH is 2. The summed E-state index contributed by atoms with van der Waals surface area (Å²) >= 11 is 0. The fraction of sp³-hybridized carbons (Fsp3) is 0.750. The number of aliphatic hydroxyl groups is 2. The maximum Gasteiger partial charge on any atom is 0.187 e. The van der Waals surface area contributed by atoms with E-state index >= 15 is 0 Å². The molecule has 3 atom stereocenters. The van der Waals surface area contributed by atoms with Crippen molar-refractivity contribution in [2.75, 3.05) is 6.61 Å². The van der Waals surface area contributed by atoms with E-state index in [9.17, 15) is 0 Å². The summed E-state index contributed by atoms with van der Waals surface area (Å²) in [6.45, 7) is 2.44. The van der Waals surface area contributed by atoms with E-state index in [0.29, 0.717) is 0 Å². The highest BCUT2D eigenvalue weighted by molar-refractivity contribution is 5.03. The van der Waals surface area contributed by atoms with Gasteiger partial charge in [0.1, 0.15) is 6.04 Å². The number of rotatable bonds is 4. The molecular weight excluding hydrogens is 184 g/mol. The average Bonchev–Trinajstić information content (AvgIpc) is 2.24. The molecule has 0 radical (unpaired) electrons. The van der Waals surface area contributed by atoms with E-state index in [1.807, 2.05) is 0 Å². The standard InChI is InChI=1S/C8H12N4O2/c1-6(7(14)3-9)11-12-8(2,4-10)5-13/h6-7,13-14H,5H2,1-2H3/b12-11+. The maximum absolute atomic E-state index is 9.01. The fourth-order valence-electron chi connectivity index (χ4n) is 0.479. The SMILES string of the molecule is CC(/N=N/C(C)(C#N)CO)C(O)C#N. The van der Waals surface area contributed by atoms with E-state index < -0.39 is 24.3 Å². The van der Waals surface area contributed by atoms with Crippen LogP contribution in [0.2, 0.25) is 0 Å². The molecule has 0 amide bonds. The van der Waals surface area contributed by atoms with Gasteiger partial charge in [0.15, 0.2) is 11.6 Å². The van der Waals surface area contributed by atoms with Gasteiger partial charge >= 0.3 is 0 Å². The number of nitriles is 2. The Morgan fingerprint density at radius 2 is 2.07 bits per heavy atom. The predicted octanol–water partition coefficient (Wildman–Crippen LogP) is -0.0138. The third-order valence-corrected chi connectivity index (χ3v) is 1.60. The summed E-state index contributed by atoms with van der Waals surface area (Å²) in [5.74, 6) is 0. The molecule has 3 unspecified atom stereocenters. The summed E-state index contributed by atoms with van der Waals surface area (Å²) in [5, 5.41) is 41.9. The Labute approximate surface area is 82.1 Å². The highest BCUT2D eigenvalue weighted by Gasteiger charge is 2.22. The fourth-order valence-corrected chi connectivity index (χ4v) is 0.479. The summed E-state index contributed by atoms with van der Waals surface area (Å²) in [5.41, 5.74) is -1.30. The van der Waals surface area contributed by atoms with Crippen molar-refractivity contribution in [2.45, 2.75) is 31.5 Å². The molecule has 0 aromatic rings. The molecule has 0 aromatic heterocycles. The van der Waals surface area contributed by atoms with Crippen LogP contribution in [0.1, 0.15) is 13.8 Å². The summed E-state index contributed by atoms with van der Waals surface area (Å²) in [4.78, 5) is 0. The zero-order chi connectivity index (χ0) is 11.2. The molecule has 0 aliphatic heterocycles. The molecule has 6 heteroatoms. The first-order chi connectivity index (χ1) is 6.49. The first-order valence-electron chi connectivity index (χ1n) is 4.01. The second-order valence-corrected chi connectivity index (χ2v) is 3.07. The second-order valence-electron chi connectivity index (χ2n) is 3.07. The minimum absolute atomic E-state index is 0.456. The van der Waals surface area contributed by atoms with Gasteiger partial charge < -0.3 is 10.2 Å². The lowest BCUT2D eigenvalue weighted by Gasteiger charge is -2.12. The van der Waals surface area contributed by atoms with E-state index in [0.717, 1.165) is 0 Å². The van der Waals surface area contributed by atoms with Gasteiger partial charge in [0, 0.05) is 0 Å². The van der Waals surface area contributed by atoms with Crippen LogP contribution in [0.3, 0.4) is 0 Å². The molecule has 0 aliphatic carbocycles. The molecule has 0 bridgehead atoms. The van der Waals surface area contributed by atoms with E-state index in [4.69, 9.17) is 20.7 Å². The number of hydrogen-bond donors (Lipinski definition) is 2. The van der Waals surface area contributed by atoms with Crippen LogP contribution in [0.15, 0.2) is 10.2 Å². The number of azo groups is 1. The maximum atomic E-state index is 9.01. The quantitative estimate of drug-likeness (QED) is 0.486. The highest BCUT2D eigenvalue weighted by Crippen LogP contribution is 2.10. The molecule has 0 saturated heterocycles. The summed E-state index contributed by atoms with van der Waals surface area (Å²) in [7, 11) is 0. The van der Waals surface area contributed by atoms with Crippen molar-refractivity contribution in [2.24, 2.45) is 10.2 Å². The van der Waals surface area contributed by atoms with Crippen molar-refractivity contribution < 1.29 is 10.2 Å². The normalized spacial score (nSPS) is 19.3. The molecular formula is C8H12N4O2. The van der Waals surface area contributed by atoms with Gasteiger partial charge in [-0.2, -0.15) is 20.8 Å². The first kappa shape index (κ1) is 12.5. The Balaban J connectivity index is 4.46. The Morgan fingerprint density at radius 1 is 1.50 bits per heavy atom. The van der Waals surface area contributed by atoms with Crippen LogP contribution in [0.5, 0.6) is 0 Å². The average molecular weight is 196 g/mol. The number of hydrogen-bond acceptors (Lipinski definition) is 6. The molecule has 0 aliphatic rings. The highest BCUT2D eigenvalue weighted by atomic mass is 16.3. The van der Waals surface area contributed by atoms with Crippen LogP contribution in [0.25, 0.3) is 0 Å². The van der Waals surface area contributed by atoms with Crippen molar-refractivity contribution in [3.63, 3.8) is 0 Å². The molecule has 0 aromatic carbocycles. The van der Waals surface area contributed by atoms with Crippen LogP contribution < -0.4 is 0 Å². The van der Waals surface area contributed by atoms with E-state index in [2.05, 4.69) is 10.2 Å². The number of nitrogens with zero attached hydrogens (tertiary/aromatic N) is 4. The van der Waals surface area contributed by atoms with Gasteiger partial charge in [-0.3, -0.25) is 0 Å². The van der Waals surface area contributed by atoms with Crippen LogP contribution in [0, 0.1) is 22.7 Å². The predicted molar refractivity (Wildman–Crippen MR) is 47.0 cm³/mol. The van der Waals surface area contributed by atoms with Gasteiger partial charge in [-0.25, -0.2) is 0 Å². The Morgan fingerprint density at radius 3 is 2.43 bits per heavy atom. The molecule has 0 saturated carbocycles. The minimum atomic E-state index is -1.30. The Bertz CT molecular complexity index is 291. The lowest BCUT2D eigenvalue weighted by atomic mass is 10.1. The molecule has 76 valence electrons. The van der Waals surface area contributed by atoms with Gasteiger partial charge in [-0.1, -0.05) is 0 Å². The second kappa shape index (κ2) is 5.28. The van der Waals surface area contributed by atoms with E-state index in [1.54, 1.807) is 12.1 Å². The smallest absolute Gasteiger partial charge is 0.187 e. The van der Waals surface area contributed by atoms with E-state index in [1.165, 1.54) is 13.8 Å². The molecule has 0 spiro atoms. The van der Waals surface area contributed by atoms with Crippen molar-refractivity contribution in [3.05, 3.63) is 0 Å². The monoisotopic (exact) mass is 196 g/mol. The zero-order valence-corrected chi connectivity index (χ0v) is 8.05. The summed E-state index contributed by atoms with van der Waals surface area (Å²) < 4.78 is 0. The van der Waals surface area contributed by atoms with Gasteiger partial charge in [-0.15, -0.1) is 0 Å². The van der Waals surface area contributed by atoms with Crippen LogP contribution in [-0.2, 0) is 0 Å². The zero-order valence-electron chi connectivity index (χ0n) is 8.05. The molecule has 0 rings (SSSR count). The van der Waals surface area contributed by atoms with Gasteiger partial charge in [0.2, 0.25) is 0 Å². The lowest BCUT2D eigenvalue weighted by molar-refractivity contribution is 0.195. The third-order valence-electron chi connectivity index (χ3n) is 1.60. The molecule has 14 heavy (non-hydrogen) atoms. The third kappa shape index (κ3) is 3.48. The summed E-state index contributed by atoms with van der Waals surface area (Å²) in [6, 6.07) is 2.65. The minimum Gasteiger partial charge on any atom is -0.393 e. The largest absolute Gasteiger partial charge is 0.393 e. The van der Waals surface area contributed by atoms with Crippen molar-refractivity contribution in [3.8, 4) is 12.1 Å². The van der Waals surface area contributed by atoms with Crippen molar-refractivity contribution in [1.82, 2.24) is 0 Å². The van der Waals surface area contributed by atoms with Crippen LogP contribution >= 0.6 is 0 Å². The molecule has 2 N–H and O–H groups in total. The first-order valence-corrected chi connectivity index (χ1v) is 4.01. The van der Waals surface area contributed by atoms with Crippen LogP contribution in [0.4, 0.5) is 0 Å². The topological polar surface area (TPSA) is 113 Å². The van der Waals surface area contributed by atoms with Gasteiger partial charge in [-0.05, 0) is 13.8 Å². The molecule has 0 heterocycles. The van der Waals surface area contributed by atoms with E-state index in [-0.39, 0.29) is 0 Å². The van der Waals surface area contributed by atoms with Crippen molar-refractivity contribution >= 4 is 0 Å². The molecule has 0 fully saturated rings. The lowest BCUT2D eigenvalue weighted by Crippen LogP contribution is -2.26. The Hall–Kier alpha value is -1.50.